The predicted molar refractivity (Wildman–Crippen MR) is 101 cm³/mol. The highest BCUT2D eigenvalue weighted by Gasteiger charge is 2.18. The highest BCUT2D eigenvalue weighted by atomic mass is 32.2. The second-order valence-corrected chi connectivity index (χ2v) is 8.57. The van der Waals surface area contributed by atoms with Gasteiger partial charge in [-0.25, -0.2) is 8.42 Å². The molecule has 126 valence electrons. The summed E-state index contributed by atoms with van der Waals surface area (Å²) in [6, 6.07) is 14.8. The van der Waals surface area contributed by atoms with Gasteiger partial charge in [-0.05, 0) is 54.3 Å². The average molecular weight is 369 g/mol. The molecule has 0 amide bonds. The van der Waals surface area contributed by atoms with E-state index in [1.807, 2.05) is 43.3 Å². The third-order valence-corrected chi connectivity index (χ3v) is 6.58. The molecule has 1 aromatic carbocycles. The van der Waals surface area contributed by atoms with Crippen molar-refractivity contribution in [2.45, 2.75) is 11.1 Å². The van der Waals surface area contributed by atoms with Crippen LogP contribution in [0, 0.1) is 6.92 Å². The van der Waals surface area contributed by atoms with Crippen LogP contribution >= 0.6 is 11.3 Å². The Labute approximate surface area is 149 Å². The summed E-state index contributed by atoms with van der Waals surface area (Å²) < 4.78 is 28.1. The topological polar surface area (TPSA) is 74.8 Å². The van der Waals surface area contributed by atoms with Crippen LogP contribution in [0.1, 0.15) is 5.56 Å². The molecule has 2 N–H and O–H groups in total. The molecular formula is C18H15N3O2S2. The molecule has 25 heavy (non-hydrogen) atoms. The summed E-state index contributed by atoms with van der Waals surface area (Å²) in [4.78, 5) is 7.63. The van der Waals surface area contributed by atoms with Gasteiger partial charge in [0, 0.05) is 11.6 Å². The fourth-order valence-corrected chi connectivity index (χ4v) is 4.80. The Morgan fingerprint density at radius 2 is 2.00 bits per heavy atom. The Morgan fingerprint density at radius 3 is 2.72 bits per heavy atom. The molecule has 3 heterocycles. The van der Waals surface area contributed by atoms with Gasteiger partial charge in [0.2, 0.25) is 0 Å². The summed E-state index contributed by atoms with van der Waals surface area (Å²) in [6.07, 6.45) is 1.73. The normalized spacial score (nSPS) is 11.7. The van der Waals surface area contributed by atoms with Gasteiger partial charge in [-0.15, -0.1) is 11.3 Å². The lowest BCUT2D eigenvalue weighted by Crippen LogP contribution is -2.11. The van der Waals surface area contributed by atoms with Gasteiger partial charge in [-0.2, -0.15) is 0 Å². The molecule has 0 aliphatic carbocycles. The molecule has 5 nitrogen and oxygen atoms in total. The van der Waals surface area contributed by atoms with Crippen molar-refractivity contribution < 1.29 is 8.42 Å². The Kier molecular flexibility index (Phi) is 3.82. The number of H-pyrrole nitrogens is 1. The van der Waals surface area contributed by atoms with E-state index in [2.05, 4.69) is 14.7 Å². The zero-order valence-electron chi connectivity index (χ0n) is 13.4. The van der Waals surface area contributed by atoms with Crippen LogP contribution in [0.5, 0.6) is 0 Å². The second kappa shape index (κ2) is 6.02. The Morgan fingerprint density at radius 1 is 1.12 bits per heavy atom. The van der Waals surface area contributed by atoms with Crippen LogP contribution in [0.15, 0.2) is 64.3 Å². The molecule has 3 aromatic heterocycles. The largest absolute Gasteiger partial charge is 0.352 e. The van der Waals surface area contributed by atoms with Gasteiger partial charge in [0.05, 0.1) is 22.6 Å². The van der Waals surface area contributed by atoms with Crippen molar-refractivity contribution in [1.82, 2.24) is 9.97 Å². The molecule has 4 aromatic rings. The standard InChI is InChI=1S/C18H15N3O2S2/c1-12-9-13-11-15(14-5-2-3-7-19-14)20-18(13)16(10-12)21-25(22,23)17-6-4-8-24-17/h2-11,20-21H,1H3. The molecule has 0 saturated heterocycles. The fourth-order valence-electron chi connectivity index (χ4n) is 2.75. The minimum Gasteiger partial charge on any atom is -0.352 e. The summed E-state index contributed by atoms with van der Waals surface area (Å²) in [5, 5.41) is 2.68. The van der Waals surface area contributed by atoms with E-state index < -0.39 is 10.0 Å². The highest BCUT2D eigenvalue weighted by molar-refractivity contribution is 7.94. The number of thiophene rings is 1. The summed E-state index contributed by atoms with van der Waals surface area (Å²) in [5.74, 6) is 0. The van der Waals surface area contributed by atoms with E-state index in [4.69, 9.17) is 0 Å². The SMILES string of the molecule is Cc1cc(NS(=O)(=O)c2cccs2)c2[nH]c(-c3ccccn3)cc2c1. The number of nitrogens with one attached hydrogen (secondary N) is 2. The van der Waals surface area contributed by atoms with E-state index in [9.17, 15) is 8.42 Å². The lowest BCUT2D eigenvalue weighted by atomic mass is 10.1. The number of aromatic amines is 1. The molecule has 0 radical (unpaired) electrons. The van der Waals surface area contributed by atoms with E-state index in [1.165, 1.54) is 11.3 Å². The molecule has 4 rings (SSSR count). The quantitative estimate of drug-likeness (QED) is 0.560. The van der Waals surface area contributed by atoms with Crippen molar-refractivity contribution in [3.05, 3.63) is 65.7 Å². The first-order chi connectivity index (χ1) is 12.0. The molecule has 7 heteroatoms. The van der Waals surface area contributed by atoms with Crippen molar-refractivity contribution in [3.63, 3.8) is 0 Å². The maximum absolute atomic E-state index is 12.6. The maximum Gasteiger partial charge on any atom is 0.271 e. The van der Waals surface area contributed by atoms with Crippen molar-refractivity contribution in [3.8, 4) is 11.4 Å². The molecule has 0 bridgehead atoms. The van der Waals surface area contributed by atoms with E-state index in [-0.39, 0.29) is 0 Å². The minimum absolute atomic E-state index is 0.290. The predicted octanol–water partition coefficient (Wildman–Crippen LogP) is 4.40. The number of aromatic nitrogens is 2. The number of nitrogens with zero attached hydrogens (tertiary/aromatic N) is 1. The van der Waals surface area contributed by atoms with E-state index in [0.29, 0.717) is 9.90 Å². The van der Waals surface area contributed by atoms with E-state index in [1.54, 1.807) is 23.7 Å². The van der Waals surface area contributed by atoms with Gasteiger partial charge < -0.3 is 4.98 Å². The van der Waals surface area contributed by atoms with E-state index in [0.717, 1.165) is 27.9 Å². The van der Waals surface area contributed by atoms with Gasteiger partial charge in [0.25, 0.3) is 10.0 Å². The average Bonchev–Trinajstić information content (AvgIpc) is 3.25. The van der Waals surface area contributed by atoms with Crippen molar-refractivity contribution in [2.24, 2.45) is 0 Å². The number of hydrogen-bond donors (Lipinski definition) is 2. The van der Waals surface area contributed by atoms with Gasteiger partial charge in [-0.3, -0.25) is 9.71 Å². The number of benzene rings is 1. The maximum atomic E-state index is 12.6. The van der Waals surface area contributed by atoms with Gasteiger partial charge in [0.1, 0.15) is 4.21 Å². The zero-order chi connectivity index (χ0) is 17.4. The third kappa shape index (κ3) is 3.04. The van der Waals surface area contributed by atoms with E-state index >= 15 is 0 Å². The van der Waals surface area contributed by atoms with Gasteiger partial charge in [0.15, 0.2) is 0 Å². The first kappa shape index (κ1) is 15.9. The zero-order valence-corrected chi connectivity index (χ0v) is 15.0. The molecule has 0 saturated carbocycles. The van der Waals surface area contributed by atoms with Crippen LogP contribution in [-0.4, -0.2) is 18.4 Å². The lowest BCUT2D eigenvalue weighted by molar-refractivity contribution is 0.603. The van der Waals surface area contributed by atoms with Crippen LogP contribution in [0.4, 0.5) is 5.69 Å². The van der Waals surface area contributed by atoms with Crippen LogP contribution in [-0.2, 0) is 10.0 Å². The molecule has 0 unspecified atom stereocenters. The third-order valence-electron chi connectivity index (χ3n) is 3.82. The molecule has 0 fully saturated rings. The van der Waals surface area contributed by atoms with Crippen molar-refractivity contribution in [1.29, 1.82) is 0 Å². The molecular weight excluding hydrogens is 354 g/mol. The number of pyridine rings is 1. The summed E-state index contributed by atoms with van der Waals surface area (Å²) in [7, 11) is -3.60. The number of rotatable bonds is 4. The summed E-state index contributed by atoms with van der Waals surface area (Å²) >= 11 is 1.19. The number of fused-ring (bicyclic) bond motifs is 1. The smallest absolute Gasteiger partial charge is 0.271 e. The number of anilines is 1. The first-order valence-corrected chi connectivity index (χ1v) is 10.0. The van der Waals surface area contributed by atoms with Crippen LogP contribution < -0.4 is 4.72 Å². The van der Waals surface area contributed by atoms with Crippen LogP contribution in [0.2, 0.25) is 0 Å². The number of aryl methyl sites for hydroxylation is 1. The first-order valence-electron chi connectivity index (χ1n) is 7.64. The summed E-state index contributed by atoms with van der Waals surface area (Å²) in [6.45, 7) is 1.94. The lowest BCUT2D eigenvalue weighted by Gasteiger charge is -2.09. The summed E-state index contributed by atoms with van der Waals surface area (Å²) in [5.41, 5.74) is 3.90. The van der Waals surface area contributed by atoms with Crippen LogP contribution in [0.3, 0.4) is 0 Å². The van der Waals surface area contributed by atoms with Gasteiger partial charge >= 0.3 is 0 Å². The Bertz CT molecular complexity index is 1130. The van der Waals surface area contributed by atoms with Crippen LogP contribution in [0.25, 0.3) is 22.3 Å². The minimum atomic E-state index is -3.60. The molecule has 0 atom stereocenters. The Hall–Kier alpha value is -2.64. The molecule has 0 spiro atoms. The van der Waals surface area contributed by atoms with Crippen molar-refractivity contribution in [2.75, 3.05) is 4.72 Å². The number of sulfonamides is 1. The highest BCUT2D eigenvalue weighted by Crippen LogP contribution is 2.31. The number of hydrogen-bond acceptors (Lipinski definition) is 4. The molecule has 0 aliphatic rings. The molecule has 0 aliphatic heterocycles. The van der Waals surface area contributed by atoms with Crippen molar-refractivity contribution >= 4 is 38.0 Å². The monoisotopic (exact) mass is 369 g/mol. The Balaban J connectivity index is 1.83. The second-order valence-electron chi connectivity index (χ2n) is 5.71. The fraction of sp³-hybridized carbons (Fsp3) is 0.0556. The van der Waals surface area contributed by atoms with Gasteiger partial charge in [-0.1, -0.05) is 12.1 Å².